The summed E-state index contributed by atoms with van der Waals surface area (Å²) in [5, 5.41) is 9.78. The maximum absolute atomic E-state index is 12.3. The maximum Gasteiger partial charge on any atom is 0.355 e. The van der Waals surface area contributed by atoms with Gasteiger partial charge in [-0.1, -0.05) is 6.07 Å². The highest BCUT2D eigenvalue weighted by molar-refractivity contribution is 5.89. The molecule has 0 saturated heterocycles. The number of hydrogen-bond donors (Lipinski definition) is 2. The molecule has 2 heterocycles. The van der Waals surface area contributed by atoms with Gasteiger partial charge in [-0.3, -0.25) is 0 Å². The molecule has 0 saturated carbocycles. The van der Waals surface area contributed by atoms with Crippen molar-refractivity contribution in [1.29, 1.82) is 0 Å². The van der Waals surface area contributed by atoms with Crippen LogP contribution in [0.1, 0.15) is 45.9 Å². The number of aromatic nitrogens is 1. The number of H-pyrrole nitrogens is 1. The summed E-state index contributed by atoms with van der Waals surface area (Å²) < 4.78 is 15.9. The Hall–Kier alpha value is -2.47. The van der Waals surface area contributed by atoms with E-state index in [2.05, 4.69) is 4.98 Å². The van der Waals surface area contributed by atoms with Gasteiger partial charge >= 0.3 is 5.97 Å². The van der Waals surface area contributed by atoms with Crippen molar-refractivity contribution in [1.82, 2.24) is 4.98 Å². The van der Waals surface area contributed by atoms with E-state index in [0.29, 0.717) is 22.8 Å². The highest BCUT2D eigenvalue weighted by atomic mass is 16.7. The Morgan fingerprint density at radius 3 is 2.78 bits per heavy atom. The predicted molar refractivity (Wildman–Crippen MR) is 82.6 cm³/mol. The minimum atomic E-state index is -0.637. The van der Waals surface area contributed by atoms with Crippen LogP contribution in [-0.2, 0) is 11.3 Å². The number of ether oxygens (including phenoxy) is 3. The SMILES string of the molecule is Cc1[nH]c(C(=O)OCc2ccc3c(c2)OCO3)c(C)c1[C@@H](C)O. The molecule has 6 nitrogen and oxygen atoms in total. The first-order chi connectivity index (χ1) is 11.0. The molecule has 6 heteroatoms. The Morgan fingerprint density at radius 1 is 1.35 bits per heavy atom. The molecule has 0 unspecified atom stereocenters. The summed E-state index contributed by atoms with van der Waals surface area (Å²) in [6.07, 6.45) is -0.637. The molecule has 3 rings (SSSR count). The van der Waals surface area contributed by atoms with E-state index in [1.54, 1.807) is 26.0 Å². The Labute approximate surface area is 134 Å². The number of aliphatic hydroxyl groups is 1. The van der Waals surface area contributed by atoms with E-state index in [0.717, 1.165) is 16.8 Å². The molecule has 23 heavy (non-hydrogen) atoms. The lowest BCUT2D eigenvalue weighted by Crippen LogP contribution is -2.07. The minimum absolute atomic E-state index is 0.136. The summed E-state index contributed by atoms with van der Waals surface area (Å²) in [7, 11) is 0. The maximum atomic E-state index is 12.3. The van der Waals surface area contributed by atoms with Gasteiger partial charge in [0.15, 0.2) is 11.5 Å². The first-order valence-electron chi connectivity index (χ1n) is 7.40. The lowest BCUT2D eigenvalue weighted by Gasteiger charge is -2.07. The average Bonchev–Trinajstić information content (AvgIpc) is 3.08. The normalized spacial score (nSPS) is 13.9. The molecule has 1 aromatic carbocycles. The predicted octanol–water partition coefficient (Wildman–Crippen LogP) is 2.77. The van der Waals surface area contributed by atoms with Gasteiger partial charge in [-0.25, -0.2) is 4.79 Å². The van der Waals surface area contributed by atoms with Gasteiger partial charge in [0.2, 0.25) is 6.79 Å². The number of fused-ring (bicyclic) bond motifs is 1. The summed E-state index contributed by atoms with van der Waals surface area (Å²) in [4.78, 5) is 15.3. The number of hydrogen-bond acceptors (Lipinski definition) is 5. The van der Waals surface area contributed by atoms with Crippen molar-refractivity contribution in [3.05, 3.63) is 46.3 Å². The molecule has 0 spiro atoms. The Balaban J connectivity index is 1.71. The molecule has 122 valence electrons. The van der Waals surface area contributed by atoms with Crippen molar-refractivity contribution >= 4 is 5.97 Å². The number of carbonyl (C=O) groups is 1. The largest absolute Gasteiger partial charge is 0.456 e. The number of aromatic amines is 1. The molecule has 0 fully saturated rings. The quantitative estimate of drug-likeness (QED) is 0.848. The van der Waals surface area contributed by atoms with Crippen molar-refractivity contribution in [2.45, 2.75) is 33.5 Å². The summed E-state index contributed by atoms with van der Waals surface area (Å²) >= 11 is 0. The molecular weight excluding hydrogens is 298 g/mol. The van der Waals surface area contributed by atoms with Crippen LogP contribution in [0.3, 0.4) is 0 Å². The topological polar surface area (TPSA) is 80.8 Å². The van der Waals surface area contributed by atoms with E-state index in [1.165, 1.54) is 0 Å². The number of aryl methyl sites for hydroxylation is 1. The number of aliphatic hydroxyl groups excluding tert-OH is 1. The van der Waals surface area contributed by atoms with Crippen LogP contribution >= 0.6 is 0 Å². The van der Waals surface area contributed by atoms with Crippen LogP contribution in [0.15, 0.2) is 18.2 Å². The monoisotopic (exact) mass is 317 g/mol. The molecular formula is C17H19NO5. The van der Waals surface area contributed by atoms with Gasteiger partial charge in [-0.05, 0) is 44.0 Å². The molecule has 1 aliphatic heterocycles. The third kappa shape index (κ3) is 2.90. The van der Waals surface area contributed by atoms with Crippen LogP contribution in [-0.4, -0.2) is 22.9 Å². The molecule has 2 aromatic rings. The van der Waals surface area contributed by atoms with Crippen LogP contribution in [0.5, 0.6) is 11.5 Å². The van der Waals surface area contributed by atoms with Crippen molar-refractivity contribution in [3.63, 3.8) is 0 Å². The number of rotatable bonds is 4. The standard InChI is InChI=1S/C17H19NO5/c1-9-15(11(3)19)10(2)18-16(9)17(20)21-7-12-4-5-13-14(6-12)23-8-22-13/h4-6,11,18-19H,7-8H2,1-3H3/t11-/m1/s1. The fraction of sp³-hybridized carbons (Fsp3) is 0.353. The zero-order valence-electron chi connectivity index (χ0n) is 13.3. The summed E-state index contributed by atoms with van der Waals surface area (Å²) in [5.41, 5.74) is 3.42. The van der Waals surface area contributed by atoms with E-state index in [9.17, 15) is 9.90 Å². The fourth-order valence-electron chi connectivity index (χ4n) is 2.85. The number of carbonyl (C=O) groups excluding carboxylic acids is 1. The molecule has 0 bridgehead atoms. The first kappa shape index (κ1) is 15.4. The fourth-order valence-corrected chi connectivity index (χ4v) is 2.85. The second-order valence-electron chi connectivity index (χ2n) is 5.60. The van der Waals surface area contributed by atoms with E-state index in [1.807, 2.05) is 13.0 Å². The summed E-state index contributed by atoms with van der Waals surface area (Å²) in [6.45, 7) is 5.63. The average molecular weight is 317 g/mol. The smallest absolute Gasteiger partial charge is 0.355 e. The highest BCUT2D eigenvalue weighted by Gasteiger charge is 2.21. The van der Waals surface area contributed by atoms with Crippen LogP contribution in [0, 0.1) is 13.8 Å². The summed E-state index contributed by atoms with van der Waals surface area (Å²) in [6, 6.07) is 5.42. The van der Waals surface area contributed by atoms with Crippen molar-refractivity contribution < 1.29 is 24.1 Å². The molecule has 0 aliphatic carbocycles. The van der Waals surface area contributed by atoms with Gasteiger partial charge < -0.3 is 24.3 Å². The van der Waals surface area contributed by atoms with Crippen LogP contribution in [0.2, 0.25) is 0 Å². The van der Waals surface area contributed by atoms with E-state index >= 15 is 0 Å². The molecule has 0 amide bonds. The van der Waals surface area contributed by atoms with E-state index in [-0.39, 0.29) is 13.4 Å². The van der Waals surface area contributed by atoms with E-state index in [4.69, 9.17) is 14.2 Å². The molecule has 1 atom stereocenters. The molecule has 1 aromatic heterocycles. The second kappa shape index (κ2) is 5.96. The van der Waals surface area contributed by atoms with Gasteiger partial charge in [-0.15, -0.1) is 0 Å². The van der Waals surface area contributed by atoms with Crippen LogP contribution in [0.4, 0.5) is 0 Å². The number of benzene rings is 1. The third-order valence-electron chi connectivity index (χ3n) is 3.92. The van der Waals surface area contributed by atoms with Crippen LogP contribution < -0.4 is 9.47 Å². The minimum Gasteiger partial charge on any atom is -0.456 e. The van der Waals surface area contributed by atoms with Crippen molar-refractivity contribution in [2.24, 2.45) is 0 Å². The summed E-state index contributed by atoms with van der Waals surface area (Å²) in [5.74, 6) is 0.898. The zero-order valence-corrected chi connectivity index (χ0v) is 13.3. The Kier molecular flexibility index (Phi) is 4.00. The van der Waals surface area contributed by atoms with Crippen LogP contribution in [0.25, 0.3) is 0 Å². The van der Waals surface area contributed by atoms with Gasteiger partial charge in [0.1, 0.15) is 12.3 Å². The van der Waals surface area contributed by atoms with Gasteiger partial charge in [0.05, 0.1) is 6.10 Å². The Bertz CT molecular complexity index is 748. The van der Waals surface area contributed by atoms with E-state index < -0.39 is 12.1 Å². The number of esters is 1. The molecule has 0 radical (unpaired) electrons. The lowest BCUT2D eigenvalue weighted by atomic mass is 10.1. The zero-order chi connectivity index (χ0) is 16.6. The van der Waals surface area contributed by atoms with Gasteiger partial charge in [0.25, 0.3) is 0 Å². The second-order valence-corrected chi connectivity index (χ2v) is 5.60. The van der Waals surface area contributed by atoms with Gasteiger partial charge in [-0.2, -0.15) is 0 Å². The number of nitrogens with one attached hydrogen (secondary N) is 1. The van der Waals surface area contributed by atoms with Gasteiger partial charge in [0, 0.05) is 11.3 Å². The Morgan fingerprint density at radius 2 is 2.09 bits per heavy atom. The van der Waals surface area contributed by atoms with Crippen molar-refractivity contribution in [2.75, 3.05) is 6.79 Å². The molecule has 1 aliphatic rings. The van der Waals surface area contributed by atoms with Crippen molar-refractivity contribution in [3.8, 4) is 11.5 Å². The third-order valence-corrected chi connectivity index (χ3v) is 3.92. The first-order valence-corrected chi connectivity index (χ1v) is 7.40. The highest BCUT2D eigenvalue weighted by Crippen LogP contribution is 2.32. The lowest BCUT2D eigenvalue weighted by molar-refractivity contribution is 0.0465. The molecule has 2 N–H and O–H groups in total.